The third-order valence-corrected chi connectivity index (χ3v) is 15.1. The summed E-state index contributed by atoms with van der Waals surface area (Å²) in [4.78, 5) is 63.0. The second kappa shape index (κ2) is 19.2. The van der Waals surface area contributed by atoms with Gasteiger partial charge in [0.2, 0.25) is 23.7 Å². The minimum atomic E-state index is -0.872. The molecule has 0 radical (unpaired) electrons. The van der Waals surface area contributed by atoms with E-state index >= 15 is 0 Å². The zero-order valence-corrected chi connectivity index (χ0v) is 39.5. The van der Waals surface area contributed by atoms with E-state index in [1.54, 1.807) is 23.5 Å². The third kappa shape index (κ3) is 9.94. The molecule has 3 amide bonds. The standard InChI is InChI=1S/C50H61N11O5S/c1-29-43(67-28-55-29)33-13-11-31(12-14-33)22-52-47(65)41-20-37(62)27-60(41)48(66)44(50(2,3)4)56-46(64)34-15-9-30(10-16-34)19-32-23-53-49(54-24-32)61-35-17-18-36(61)26-59(25-35)40-21-39(57-58-45(40)51)38-7-5-6-8-42(38)63/h5-8,11-14,21,23-24,28,30,34-37,41,44,62-63H,9-10,15-20,22,25-27H2,1-4H3,(H2,51,58)(H,52,65)(H,56,64)/t30-,34+,35?,36?,37-,41+,44-/m1/s1. The van der Waals surface area contributed by atoms with Crippen LogP contribution in [0.1, 0.15) is 82.5 Å². The number of thiazole rings is 1. The number of hydrogen-bond donors (Lipinski definition) is 5. The average molecular weight is 928 g/mol. The molecular formula is C50H61N11O5S. The van der Waals surface area contributed by atoms with Gasteiger partial charge in [-0.1, -0.05) is 57.2 Å². The van der Waals surface area contributed by atoms with E-state index in [4.69, 9.17) is 15.7 Å². The monoisotopic (exact) mass is 927 g/mol. The summed E-state index contributed by atoms with van der Waals surface area (Å²) in [5.41, 5.74) is 13.6. The van der Waals surface area contributed by atoms with Gasteiger partial charge >= 0.3 is 0 Å². The summed E-state index contributed by atoms with van der Waals surface area (Å²) < 4.78 is 0. The van der Waals surface area contributed by atoms with Gasteiger partial charge in [-0.2, -0.15) is 0 Å². The molecule has 2 unspecified atom stereocenters. The molecule has 9 rings (SSSR count). The molecule has 0 spiro atoms. The van der Waals surface area contributed by atoms with Crippen LogP contribution in [0.5, 0.6) is 5.75 Å². The number of aromatic hydroxyl groups is 1. The molecule has 352 valence electrons. The number of carbonyl (C=O) groups excluding carboxylic acids is 3. The van der Waals surface area contributed by atoms with Crippen molar-refractivity contribution >= 4 is 46.5 Å². The first kappa shape index (κ1) is 45.9. The van der Waals surface area contributed by atoms with Crippen molar-refractivity contribution in [1.82, 2.24) is 40.7 Å². The van der Waals surface area contributed by atoms with Gasteiger partial charge in [-0.25, -0.2) is 15.0 Å². The summed E-state index contributed by atoms with van der Waals surface area (Å²) in [6.45, 7) is 9.50. The number of benzene rings is 2. The fourth-order valence-electron chi connectivity index (χ4n) is 10.5. The second-order valence-electron chi connectivity index (χ2n) is 19.9. The maximum atomic E-state index is 14.3. The van der Waals surface area contributed by atoms with E-state index in [0.29, 0.717) is 35.8 Å². The first-order valence-corrected chi connectivity index (χ1v) is 24.4. The molecule has 4 fully saturated rings. The van der Waals surface area contributed by atoms with E-state index in [0.717, 1.165) is 84.1 Å². The van der Waals surface area contributed by atoms with E-state index in [2.05, 4.69) is 35.6 Å². The van der Waals surface area contributed by atoms with Crippen LogP contribution in [0.15, 0.2) is 72.5 Å². The van der Waals surface area contributed by atoms with Crippen LogP contribution in [0.4, 0.5) is 17.5 Å². The lowest BCUT2D eigenvalue weighted by Crippen LogP contribution is -2.58. The Balaban J connectivity index is 0.760. The lowest BCUT2D eigenvalue weighted by molar-refractivity contribution is -0.144. The van der Waals surface area contributed by atoms with Crippen molar-refractivity contribution in [2.75, 3.05) is 35.2 Å². The van der Waals surface area contributed by atoms with Crippen LogP contribution in [-0.2, 0) is 27.3 Å². The Hall–Kier alpha value is -6.20. The number of hydrogen-bond acceptors (Lipinski definition) is 14. The van der Waals surface area contributed by atoms with E-state index in [1.807, 2.05) is 88.1 Å². The minimum absolute atomic E-state index is 0.0271. The molecule has 67 heavy (non-hydrogen) atoms. The number of phenolic OH excluding ortho intramolecular Hbond substituents is 1. The number of anilines is 3. The summed E-state index contributed by atoms with van der Waals surface area (Å²) >= 11 is 1.59. The number of aliphatic hydroxyl groups excluding tert-OH is 1. The van der Waals surface area contributed by atoms with Gasteiger partial charge in [-0.3, -0.25) is 14.4 Å². The van der Waals surface area contributed by atoms with E-state index in [1.165, 1.54) is 4.90 Å². The molecule has 16 nitrogen and oxygen atoms in total. The molecule has 3 aromatic heterocycles. The fraction of sp³-hybridized carbons (Fsp3) is 0.480. The number of aromatic nitrogens is 5. The van der Waals surface area contributed by atoms with Crippen LogP contribution in [0.25, 0.3) is 21.7 Å². The Labute approximate surface area is 395 Å². The lowest BCUT2D eigenvalue weighted by atomic mass is 9.78. The number of likely N-dealkylation sites (tertiary alicyclic amines) is 1. The Morgan fingerprint density at radius 1 is 0.881 bits per heavy atom. The molecule has 3 aliphatic heterocycles. The number of aliphatic hydroxyl groups is 1. The third-order valence-electron chi connectivity index (χ3n) is 14.2. The van der Waals surface area contributed by atoms with Crippen LogP contribution in [0.3, 0.4) is 0 Å². The van der Waals surface area contributed by atoms with Crippen molar-refractivity contribution in [3.05, 3.63) is 89.3 Å². The number of nitrogens with one attached hydrogen (secondary N) is 2. The van der Waals surface area contributed by atoms with Crippen LogP contribution in [0, 0.1) is 24.2 Å². The number of fused-ring (bicyclic) bond motifs is 2. The molecular weight excluding hydrogens is 867 g/mol. The number of rotatable bonds is 12. The average Bonchev–Trinajstić information content (AvgIpc) is 4.01. The van der Waals surface area contributed by atoms with Crippen molar-refractivity contribution in [2.24, 2.45) is 17.3 Å². The van der Waals surface area contributed by atoms with Crippen molar-refractivity contribution in [1.29, 1.82) is 0 Å². The number of nitrogens with zero attached hydrogens (tertiary/aromatic N) is 8. The molecule has 6 heterocycles. The van der Waals surface area contributed by atoms with Gasteiger partial charge in [0.05, 0.1) is 33.6 Å². The first-order valence-electron chi connectivity index (χ1n) is 23.5. The van der Waals surface area contributed by atoms with Crippen molar-refractivity contribution in [3.63, 3.8) is 0 Å². The van der Waals surface area contributed by atoms with Gasteiger partial charge in [0.25, 0.3) is 0 Å². The number of piperazine rings is 1. The molecule has 1 aliphatic carbocycles. The van der Waals surface area contributed by atoms with E-state index in [-0.39, 0.29) is 61.0 Å². The Bertz CT molecular complexity index is 2560. The number of nitrogen functional groups attached to an aromatic ring is 1. The fourth-order valence-corrected chi connectivity index (χ4v) is 11.3. The molecule has 3 saturated heterocycles. The number of amides is 3. The highest BCUT2D eigenvalue weighted by atomic mass is 32.1. The van der Waals surface area contributed by atoms with Crippen molar-refractivity contribution in [2.45, 2.75) is 116 Å². The molecule has 5 aromatic rings. The molecule has 5 atom stereocenters. The normalized spacial score (nSPS) is 23.3. The lowest BCUT2D eigenvalue weighted by Gasteiger charge is -2.42. The van der Waals surface area contributed by atoms with Crippen LogP contribution in [-0.4, -0.2) is 108 Å². The smallest absolute Gasteiger partial charge is 0.246 e. The number of nitrogens with two attached hydrogens (primary N) is 1. The predicted octanol–water partition coefficient (Wildman–Crippen LogP) is 5.67. The number of aryl methyl sites for hydroxylation is 1. The maximum absolute atomic E-state index is 14.3. The number of phenols is 1. The Kier molecular flexibility index (Phi) is 13.2. The zero-order valence-electron chi connectivity index (χ0n) is 38.6. The number of carbonyl (C=O) groups is 3. The van der Waals surface area contributed by atoms with Crippen LogP contribution < -0.4 is 26.2 Å². The van der Waals surface area contributed by atoms with Gasteiger partial charge in [0, 0.05) is 68.6 Å². The van der Waals surface area contributed by atoms with Gasteiger partial charge in [0.1, 0.15) is 17.8 Å². The number of β-amino-alcohol motifs (C(OH)–C–C–N with tert-alkyl or cyclic N) is 1. The SMILES string of the molecule is Cc1ncsc1-c1ccc(CNC(=O)[C@@H]2C[C@@H](O)CN2C(=O)[C@@H](NC(=O)[C@H]2CC[C@@H](Cc3cnc(N4C5CCC4CN(c4cc(-c6ccccc6O)nnc4N)C5)nc3)CC2)C(C)(C)C)cc1. The van der Waals surface area contributed by atoms with Crippen molar-refractivity contribution < 1.29 is 24.6 Å². The van der Waals surface area contributed by atoms with Gasteiger partial charge in [-0.15, -0.1) is 21.5 Å². The summed E-state index contributed by atoms with van der Waals surface area (Å²) in [6, 6.07) is 15.7. The van der Waals surface area contributed by atoms with E-state index in [9.17, 15) is 24.6 Å². The van der Waals surface area contributed by atoms with Gasteiger partial charge < -0.3 is 41.3 Å². The topological polar surface area (TPSA) is 216 Å². The van der Waals surface area contributed by atoms with Gasteiger partial charge in [-0.05, 0) is 98.1 Å². The highest BCUT2D eigenvalue weighted by Gasteiger charge is 2.46. The maximum Gasteiger partial charge on any atom is 0.246 e. The highest BCUT2D eigenvalue weighted by Crippen LogP contribution is 2.39. The molecule has 2 aromatic carbocycles. The van der Waals surface area contributed by atoms with Crippen LogP contribution in [0.2, 0.25) is 0 Å². The zero-order chi connectivity index (χ0) is 47.0. The second-order valence-corrected chi connectivity index (χ2v) is 20.8. The summed E-state index contributed by atoms with van der Waals surface area (Å²) in [6.07, 6.45) is 9.19. The van der Waals surface area contributed by atoms with Crippen LogP contribution >= 0.6 is 11.3 Å². The molecule has 17 heteroatoms. The Morgan fingerprint density at radius 3 is 2.24 bits per heavy atom. The highest BCUT2D eigenvalue weighted by molar-refractivity contribution is 7.13. The first-order chi connectivity index (χ1) is 32.2. The molecule has 2 bridgehead atoms. The summed E-state index contributed by atoms with van der Waals surface area (Å²) in [5.74, 6) is 0.549. The molecule has 1 saturated carbocycles. The predicted molar refractivity (Wildman–Crippen MR) is 258 cm³/mol. The number of para-hydroxylation sites is 1. The van der Waals surface area contributed by atoms with Gasteiger partial charge in [0.15, 0.2) is 5.82 Å². The largest absolute Gasteiger partial charge is 0.507 e. The summed E-state index contributed by atoms with van der Waals surface area (Å²) in [7, 11) is 0. The molecule has 4 aliphatic rings. The van der Waals surface area contributed by atoms with E-state index < -0.39 is 23.6 Å². The quantitative estimate of drug-likeness (QED) is 0.102. The minimum Gasteiger partial charge on any atom is -0.507 e. The Morgan fingerprint density at radius 2 is 1.58 bits per heavy atom. The molecule has 6 N–H and O–H groups in total. The summed E-state index contributed by atoms with van der Waals surface area (Å²) in [5, 5.41) is 35.7. The van der Waals surface area contributed by atoms with Crippen molar-refractivity contribution in [3.8, 4) is 27.4 Å².